The molecule has 3 atom stereocenters. The molecule has 0 spiro atoms. The summed E-state index contributed by atoms with van der Waals surface area (Å²) in [6.07, 6.45) is -0.232. The maximum Gasteiger partial charge on any atom is 0.258 e. The summed E-state index contributed by atoms with van der Waals surface area (Å²) in [6.45, 7) is 7.35. The lowest BCUT2D eigenvalue weighted by Gasteiger charge is -2.30. The Morgan fingerprint density at radius 3 is 2.35 bits per heavy atom. The molecule has 0 aromatic heterocycles. The third-order valence-corrected chi connectivity index (χ3v) is 5.96. The van der Waals surface area contributed by atoms with Crippen LogP contribution in [0.15, 0.2) is 30.3 Å². The van der Waals surface area contributed by atoms with E-state index in [0.717, 1.165) is 5.56 Å². The first-order chi connectivity index (χ1) is 10.6. The molecular weight excluding hydrogens is 320 g/mol. The number of halogens is 2. The Hall–Kier alpha value is -0.690. The SMILES string of the molecule is C[C@H](N[S+]([O-])C(C)(C)C)[C@@]1(COCc2ccccc2)CC1(F)F. The highest BCUT2D eigenvalue weighted by Gasteiger charge is 2.74. The average Bonchev–Trinajstić information content (AvgIpc) is 3.02. The van der Waals surface area contributed by atoms with Gasteiger partial charge in [0.2, 0.25) is 0 Å². The molecule has 1 aromatic carbocycles. The number of hydrogen-bond donors (Lipinski definition) is 1. The van der Waals surface area contributed by atoms with Gasteiger partial charge in [0.05, 0.1) is 24.7 Å². The fraction of sp³-hybridized carbons (Fsp3) is 0.647. The summed E-state index contributed by atoms with van der Waals surface area (Å²) < 4.78 is 48.0. The molecule has 1 aliphatic rings. The molecule has 1 saturated carbocycles. The predicted octanol–water partition coefficient (Wildman–Crippen LogP) is 3.67. The van der Waals surface area contributed by atoms with Gasteiger partial charge in [-0.1, -0.05) is 30.3 Å². The Bertz CT molecular complexity index is 521. The Kier molecular flexibility index (Phi) is 5.41. The van der Waals surface area contributed by atoms with Crippen molar-refractivity contribution < 1.29 is 18.1 Å². The third-order valence-electron chi connectivity index (χ3n) is 4.28. The van der Waals surface area contributed by atoms with Crippen molar-refractivity contribution in [1.29, 1.82) is 0 Å². The van der Waals surface area contributed by atoms with Crippen LogP contribution >= 0.6 is 0 Å². The van der Waals surface area contributed by atoms with Gasteiger partial charge < -0.3 is 9.29 Å². The second-order valence-corrected chi connectivity index (χ2v) is 9.23. The van der Waals surface area contributed by atoms with Crippen LogP contribution in [-0.2, 0) is 22.7 Å². The largest absolute Gasteiger partial charge is 0.598 e. The van der Waals surface area contributed by atoms with E-state index in [1.165, 1.54) is 0 Å². The Labute approximate surface area is 140 Å². The molecule has 23 heavy (non-hydrogen) atoms. The lowest BCUT2D eigenvalue weighted by atomic mass is 9.99. The Morgan fingerprint density at radius 2 is 1.87 bits per heavy atom. The summed E-state index contributed by atoms with van der Waals surface area (Å²) in [4.78, 5) is 0. The molecule has 0 bridgehead atoms. The van der Waals surface area contributed by atoms with Crippen LogP contribution in [0.3, 0.4) is 0 Å². The summed E-state index contributed by atoms with van der Waals surface area (Å²) in [6, 6.07) is 8.87. The van der Waals surface area contributed by atoms with E-state index in [0.29, 0.717) is 6.61 Å². The van der Waals surface area contributed by atoms with Gasteiger partial charge in [0, 0.05) is 17.8 Å². The van der Waals surface area contributed by atoms with Gasteiger partial charge in [0.15, 0.2) is 0 Å². The van der Waals surface area contributed by atoms with E-state index in [1.54, 1.807) is 6.92 Å². The van der Waals surface area contributed by atoms with Gasteiger partial charge in [-0.3, -0.25) is 0 Å². The van der Waals surface area contributed by atoms with Gasteiger partial charge >= 0.3 is 0 Å². The molecule has 0 saturated heterocycles. The van der Waals surface area contributed by atoms with Crippen LogP contribution < -0.4 is 4.72 Å². The molecule has 2 rings (SSSR count). The predicted molar refractivity (Wildman–Crippen MR) is 88.6 cm³/mol. The molecule has 0 amide bonds. The topological polar surface area (TPSA) is 44.3 Å². The van der Waals surface area contributed by atoms with Crippen molar-refractivity contribution >= 4 is 11.4 Å². The minimum Gasteiger partial charge on any atom is -0.598 e. The maximum absolute atomic E-state index is 14.0. The molecule has 1 N–H and O–H groups in total. The summed E-state index contributed by atoms with van der Waals surface area (Å²) in [5, 5.41) is 0. The van der Waals surface area contributed by atoms with E-state index in [-0.39, 0.29) is 13.0 Å². The molecule has 1 fully saturated rings. The highest BCUT2D eigenvalue weighted by atomic mass is 32.2. The molecule has 1 unspecified atom stereocenters. The summed E-state index contributed by atoms with van der Waals surface area (Å²) in [5.74, 6) is -2.78. The quantitative estimate of drug-likeness (QED) is 0.767. The first kappa shape index (κ1) is 18.6. The molecular formula is C17H25F2NO2S. The van der Waals surface area contributed by atoms with Crippen molar-refractivity contribution in [2.45, 2.75) is 57.4 Å². The molecule has 0 heterocycles. The van der Waals surface area contributed by atoms with E-state index >= 15 is 0 Å². The molecule has 1 aromatic rings. The Balaban J connectivity index is 1.94. The lowest BCUT2D eigenvalue weighted by Crippen LogP contribution is -2.49. The summed E-state index contributed by atoms with van der Waals surface area (Å²) in [7, 11) is 0. The zero-order valence-electron chi connectivity index (χ0n) is 14.1. The zero-order valence-corrected chi connectivity index (χ0v) is 14.9. The molecule has 0 aliphatic heterocycles. The average molecular weight is 345 g/mol. The van der Waals surface area contributed by atoms with E-state index in [2.05, 4.69) is 4.72 Å². The van der Waals surface area contributed by atoms with Crippen molar-refractivity contribution in [2.75, 3.05) is 6.61 Å². The number of nitrogens with one attached hydrogen (secondary N) is 1. The molecule has 0 radical (unpaired) electrons. The summed E-state index contributed by atoms with van der Waals surface area (Å²) >= 11 is -1.39. The van der Waals surface area contributed by atoms with Crippen molar-refractivity contribution in [3.63, 3.8) is 0 Å². The highest BCUT2D eigenvalue weighted by molar-refractivity contribution is 7.90. The van der Waals surface area contributed by atoms with Gasteiger partial charge in [-0.25, -0.2) is 8.78 Å². The highest BCUT2D eigenvalue weighted by Crippen LogP contribution is 2.62. The number of rotatable bonds is 7. The maximum atomic E-state index is 14.0. The van der Waals surface area contributed by atoms with E-state index in [4.69, 9.17) is 4.74 Å². The standard InChI is InChI=1S/C17H25F2NO2S/c1-13(20-23(21)15(2,3)4)16(11-17(16,18)19)12-22-10-14-8-6-5-7-9-14/h5-9,13,20H,10-12H2,1-4H3/t13-,16-,23?/m0/s1. The fourth-order valence-electron chi connectivity index (χ4n) is 2.48. The smallest absolute Gasteiger partial charge is 0.258 e. The molecule has 1 aliphatic carbocycles. The van der Waals surface area contributed by atoms with Crippen LogP contribution in [0.25, 0.3) is 0 Å². The lowest BCUT2D eigenvalue weighted by molar-refractivity contribution is -0.00771. The van der Waals surface area contributed by atoms with Crippen LogP contribution in [0.1, 0.15) is 39.7 Å². The molecule has 3 nitrogen and oxygen atoms in total. The normalized spacial score (nSPS) is 25.9. The van der Waals surface area contributed by atoms with E-state index < -0.39 is 33.5 Å². The number of hydrogen-bond acceptors (Lipinski definition) is 3. The van der Waals surface area contributed by atoms with Crippen molar-refractivity contribution in [3.05, 3.63) is 35.9 Å². The molecule has 130 valence electrons. The monoisotopic (exact) mass is 345 g/mol. The minimum absolute atomic E-state index is 0.0512. The van der Waals surface area contributed by atoms with Crippen LogP contribution in [0.2, 0.25) is 0 Å². The van der Waals surface area contributed by atoms with Crippen molar-refractivity contribution in [2.24, 2.45) is 5.41 Å². The van der Waals surface area contributed by atoms with Crippen LogP contribution in [0.5, 0.6) is 0 Å². The van der Waals surface area contributed by atoms with Gasteiger partial charge in [0.25, 0.3) is 5.92 Å². The fourth-order valence-corrected chi connectivity index (χ4v) is 3.38. The number of benzene rings is 1. The first-order valence-corrected chi connectivity index (χ1v) is 8.91. The second-order valence-electron chi connectivity index (χ2n) is 7.24. The number of ether oxygens (including phenoxy) is 1. The van der Waals surface area contributed by atoms with Crippen LogP contribution in [-0.4, -0.2) is 27.9 Å². The van der Waals surface area contributed by atoms with E-state index in [1.807, 2.05) is 51.1 Å². The second kappa shape index (κ2) is 6.67. The Morgan fingerprint density at radius 1 is 1.30 bits per heavy atom. The van der Waals surface area contributed by atoms with E-state index in [9.17, 15) is 13.3 Å². The zero-order chi connectivity index (χ0) is 17.3. The van der Waals surface area contributed by atoms with Gasteiger partial charge in [-0.15, -0.1) is 4.72 Å². The van der Waals surface area contributed by atoms with Gasteiger partial charge in [-0.05, 0) is 33.3 Å². The third kappa shape index (κ3) is 4.24. The summed E-state index contributed by atoms with van der Waals surface area (Å²) in [5.41, 5.74) is -0.326. The van der Waals surface area contributed by atoms with Gasteiger partial charge in [-0.2, -0.15) is 0 Å². The van der Waals surface area contributed by atoms with Crippen molar-refractivity contribution in [1.82, 2.24) is 4.72 Å². The van der Waals surface area contributed by atoms with Gasteiger partial charge in [0.1, 0.15) is 4.75 Å². The van der Waals surface area contributed by atoms with Crippen molar-refractivity contribution in [3.8, 4) is 0 Å². The molecule has 6 heteroatoms. The van der Waals surface area contributed by atoms with Crippen LogP contribution in [0, 0.1) is 5.41 Å². The number of alkyl halides is 2. The first-order valence-electron chi connectivity index (χ1n) is 7.76. The van der Waals surface area contributed by atoms with Crippen LogP contribution in [0.4, 0.5) is 8.78 Å². The minimum atomic E-state index is -2.78.